The van der Waals surface area contributed by atoms with E-state index in [-0.39, 0.29) is 55.0 Å². The van der Waals surface area contributed by atoms with E-state index in [1.54, 1.807) is 24.3 Å². The van der Waals surface area contributed by atoms with Crippen LogP contribution in [0, 0.1) is 5.82 Å². The molecule has 3 N–H and O–H groups in total. The highest BCUT2D eigenvalue weighted by atomic mass is 19.4. The minimum Gasteiger partial charge on any atom is -0.481 e. The molecule has 1 amide bonds. The van der Waals surface area contributed by atoms with Gasteiger partial charge in [0.05, 0.1) is 48.8 Å². The quantitative estimate of drug-likeness (QED) is 0.233. The Labute approximate surface area is 303 Å². The maximum Gasteiger partial charge on any atom is 0.417 e. The molecule has 2 saturated heterocycles. The van der Waals surface area contributed by atoms with Crippen molar-refractivity contribution < 1.29 is 54.9 Å². The number of anilines is 1. The van der Waals surface area contributed by atoms with Gasteiger partial charge in [-0.15, -0.1) is 0 Å². The molecule has 290 valence electrons. The first-order valence-corrected chi connectivity index (χ1v) is 16.7. The number of aryl methyl sites for hydroxylation is 2. The van der Waals surface area contributed by atoms with Crippen molar-refractivity contribution in [2.45, 2.75) is 37.8 Å². The maximum absolute atomic E-state index is 14.6. The van der Waals surface area contributed by atoms with E-state index in [1.807, 2.05) is 4.90 Å². The summed E-state index contributed by atoms with van der Waals surface area (Å²) in [5.41, 5.74) is 3.57. The van der Waals surface area contributed by atoms with Crippen LogP contribution in [-0.4, -0.2) is 89.7 Å². The average molecular weight is 768 g/mol. The van der Waals surface area contributed by atoms with Crippen LogP contribution in [-0.2, 0) is 40.5 Å². The smallest absolute Gasteiger partial charge is 0.417 e. The first-order valence-electron chi connectivity index (χ1n) is 16.7. The van der Waals surface area contributed by atoms with Crippen LogP contribution in [0.2, 0.25) is 0 Å². The van der Waals surface area contributed by atoms with Crippen LogP contribution in [0.4, 0.5) is 36.4 Å². The molecule has 1 atom stereocenters. The number of hydrogen-bond donors (Lipinski definition) is 2. The number of morpholine rings is 2. The number of hydrogen-bond acceptors (Lipinski definition) is 8. The van der Waals surface area contributed by atoms with Crippen molar-refractivity contribution in [3.05, 3.63) is 93.3 Å². The van der Waals surface area contributed by atoms with Crippen molar-refractivity contribution in [2.75, 3.05) is 51.0 Å². The van der Waals surface area contributed by atoms with Gasteiger partial charge < -0.3 is 29.8 Å². The number of amides is 1. The van der Waals surface area contributed by atoms with Gasteiger partial charge in [-0.2, -0.15) is 26.3 Å². The molecule has 2 aromatic carbocycles. The number of aliphatic carboxylic acids is 1. The number of carboxylic acid groups (broad SMARTS) is 1. The normalized spacial score (nSPS) is 16.9. The van der Waals surface area contributed by atoms with Crippen LogP contribution < -0.4 is 16.2 Å². The largest absolute Gasteiger partial charge is 0.481 e. The molecule has 0 bridgehead atoms. The van der Waals surface area contributed by atoms with Crippen molar-refractivity contribution in [3.63, 3.8) is 0 Å². The second kappa shape index (κ2) is 16.5. The van der Waals surface area contributed by atoms with Gasteiger partial charge >= 0.3 is 18.3 Å². The van der Waals surface area contributed by atoms with Crippen molar-refractivity contribution in [2.24, 2.45) is 12.8 Å². The van der Waals surface area contributed by atoms with Crippen LogP contribution in [0.15, 0.2) is 59.7 Å². The van der Waals surface area contributed by atoms with Crippen LogP contribution in [0.5, 0.6) is 0 Å². The number of pyridine rings is 2. The highest BCUT2D eigenvalue weighted by Gasteiger charge is 2.46. The highest BCUT2D eigenvalue weighted by Crippen LogP contribution is 2.37. The Morgan fingerprint density at radius 1 is 0.963 bits per heavy atom. The molecule has 2 fully saturated rings. The predicted octanol–water partition coefficient (Wildman–Crippen LogP) is 5.16. The highest BCUT2D eigenvalue weighted by molar-refractivity contribution is 5.97. The first kappa shape index (κ1) is 40.1. The topological polar surface area (TPSA) is 140 Å². The van der Waals surface area contributed by atoms with E-state index >= 15 is 0 Å². The first-order chi connectivity index (χ1) is 25.5. The van der Waals surface area contributed by atoms with Gasteiger partial charge in [0, 0.05) is 63.1 Å². The fourth-order valence-corrected chi connectivity index (χ4v) is 6.42. The van der Waals surface area contributed by atoms with Gasteiger partial charge in [-0.05, 0) is 47.2 Å². The lowest BCUT2D eigenvalue weighted by Gasteiger charge is -2.38. The average Bonchev–Trinajstić information content (AvgIpc) is 3.11. The fourth-order valence-electron chi connectivity index (χ4n) is 6.42. The van der Waals surface area contributed by atoms with E-state index < -0.39 is 59.4 Å². The summed E-state index contributed by atoms with van der Waals surface area (Å²) in [5.74, 6) is -2.84. The summed E-state index contributed by atoms with van der Waals surface area (Å²) >= 11 is 0. The SMILES string of the molecule is Cn1ccc(C(F)(F)F)c(-c2nccc3c(CCC(=O)O)cccc23)c1=O.NC(=O)c1c(F)cc(N2CCOCC2C(F)(F)F)cc1CN1CCOCC1. The number of aromatic nitrogens is 2. The molecule has 4 heterocycles. The Morgan fingerprint density at radius 2 is 1.67 bits per heavy atom. The molecule has 18 heteroatoms. The number of primary amides is 1. The molecule has 6 rings (SSSR count). The third-order valence-electron chi connectivity index (χ3n) is 9.05. The number of carbonyl (C=O) groups excluding carboxylic acids is 1. The lowest BCUT2D eigenvalue weighted by Crippen LogP contribution is -2.53. The van der Waals surface area contributed by atoms with E-state index in [0.29, 0.717) is 42.6 Å². The van der Waals surface area contributed by atoms with E-state index in [0.717, 1.165) is 27.8 Å². The van der Waals surface area contributed by atoms with Crippen molar-refractivity contribution in [1.82, 2.24) is 14.5 Å². The number of benzene rings is 2. The monoisotopic (exact) mass is 767 g/mol. The van der Waals surface area contributed by atoms with Crippen LogP contribution in [0.1, 0.15) is 33.5 Å². The molecule has 0 saturated carbocycles. The Kier molecular flexibility index (Phi) is 12.3. The van der Waals surface area contributed by atoms with E-state index in [2.05, 4.69) is 4.98 Å². The number of nitrogens with zero attached hydrogens (tertiary/aromatic N) is 4. The number of rotatable bonds is 8. The van der Waals surface area contributed by atoms with Gasteiger partial charge in [0.2, 0.25) is 0 Å². The number of halogens is 7. The van der Waals surface area contributed by atoms with Gasteiger partial charge in [-0.3, -0.25) is 24.3 Å². The summed E-state index contributed by atoms with van der Waals surface area (Å²) in [4.78, 5) is 42.2. The summed E-state index contributed by atoms with van der Waals surface area (Å²) in [6.07, 6.45) is -6.74. The summed E-state index contributed by atoms with van der Waals surface area (Å²) in [5, 5.41) is 9.83. The zero-order valence-corrected chi connectivity index (χ0v) is 28.8. The molecule has 0 radical (unpaired) electrons. The molecule has 2 aliphatic heterocycles. The lowest BCUT2D eigenvalue weighted by molar-refractivity contribution is -0.167. The molecule has 0 aliphatic carbocycles. The zero-order valence-electron chi connectivity index (χ0n) is 28.8. The third kappa shape index (κ3) is 9.17. The minimum absolute atomic E-state index is 0.0312. The van der Waals surface area contributed by atoms with E-state index in [1.165, 1.54) is 19.3 Å². The second-order valence-electron chi connectivity index (χ2n) is 12.6. The van der Waals surface area contributed by atoms with Gasteiger partial charge in [0.25, 0.3) is 11.5 Å². The van der Waals surface area contributed by atoms with Crippen molar-refractivity contribution in [3.8, 4) is 11.3 Å². The Bertz CT molecular complexity index is 2060. The van der Waals surface area contributed by atoms with E-state index in [9.17, 15) is 45.1 Å². The van der Waals surface area contributed by atoms with Gasteiger partial charge in [0.15, 0.2) is 0 Å². The number of carboxylic acids is 1. The Morgan fingerprint density at radius 3 is 2.31 bits per heavy atom. The molecule has 2 aromatic heterocycles. The summed E-state index contributed by atoms with van der Waals surface area (Å²) in [6.45, 7) is 1.89. The number of ether oxygens (including phenoxy) is 2. The molecular formula is C36H36F7N5O6. The van der Waals surface area contributed by atoms with Crippen LogP contribution >= 0.6 is 0 Å². The molecule has 1 unspecified atom stereocenters. The number of fused-ring (bicyclic) bond motifs is 1. The predicted molar refractivity (Wildman–Crippen MR) is 182 cm³/mol. The van der Waals surface area contributed by atoms with Gasteiger partial charge in [-0.1, -0.05) is 18.2 Å². The Hall–Kier alpha value is -5.07. The minimum atomic E-state index is -4.71. The summed E-state index contributed by atoms with van der Waals surface area (Å²) in [6, 6.07) is 7.85. The molecule has 2 aliphatic rings. The standard InChI is InChI=1S/C19H15F3N2O3.C17H21F4N3O3/c1-24-10-8-14(19(20,21)22)16(18(24)27)17-13-4-2-3-11(5-6-15(25)26)12(13)7-9-23-17;18-13-8-12(24-3-6-27-10-14(24)17(19,20)21)7-11(15(13)16(22)25)9-23-1-4-26-5-2-23/h2-4,7-10H,5-6H2,1H3,(H,25,26);7-8,14H,1-6,9-10H2,(H2,22,25). The van der Waals surface area contributed by atoms with Crippen molar-refractivity contribution in [1.29, 1.82) is 0 Å². The van der Waals surface area contributed by atoms with Crippen LogP contribution in [0.25, 0.3) is 22.0 Å². The van der Waals surface area contributed by atoms with Gasteiger partial charge in [0.1, 0.15) is 11.9 Å². The number of alkyl halides is 6. The summed E-state index contributed by atoms with van der Waals surface area (Å²) < 4.78 is 106. The summed E-state index contributed by atoms with van der Waals surface area (Å²) in [7, 11) is 1.37. The second-order valence-corrected chi connectivity index (χ2v) is 12.6. The molecule has 0 spiro atoms. The van der Waals surface area contributed by atoms with E-state index in [4.69, 9.17) is 20.3 Å². The molecule has 4 aromatic rings. The fraction of sp³-hybridized carbons (Fsp3) is 0.389. The van der Waals surface area contributed by atoms with Crippen molar-refractivity contribution >= 4 is 28.3 Å². The lowest BCUT2D eigenvalue weighted by atomic mass is 9.96. The maximum atomic E-state index is 14.6. The van der Waals surface area contributed by atoms with Crippen LogP contribution in [0.3, 0.4) is 0 Å². The van der Waals surface area contributed by atoms with Gasteiger partial charge in [-0.25, -0.2) is 4.39 Å². The third-order valence-corrected chi connectivity index (χ3v) is 9.05. The number of nitrogens with two attached hydrogens (primary N) is 1. The zero-order chi connectivity index (χ0) is 39.4. The molecule has 54 heavy (non-hydrogen) atoms. The Balaban J connectivity index is 0.000000208. The molecule has 11 nitrogen and oxygen atoms in total. The number of carbonyl (C=O) groups is 2. The molecular weight excluding hydrogens is 731 g/mol.